The van der Waals surface area contributed by atoms with Gasteiger partial charge in [-0.2, -0.15) is 5.10 Å². The maximum absolute atomic E-state index is 14.1. The van der Waals surface area contributed by atoms with E-state index in [4.69, 9.17) is 22.1 Å². The minimum Gasteiger partial charge on any atom is -0.497 e. The Morgan fingerprint density at radius 1 is 1.12 bits per heavy atom. The Morgan fingerprint density at radius 3 is 2.48 bits per heavy atom. The van der Waals surface area contributed by atoms with Gasteiger partial charge in [-0.1, -0.05) is 11.6 Å². The number of halogens is 3. The van der Waals surface area contributed by atoms with E-state index in [0.717, 1.165) is 24.5 Å². The van der Waals surface area contributed by atoms with Crippen molar-refractivity contribution in [3.05, 3.63) is 86.9 Å². The van der Waals surface area contributed by atoms with E-state index in [2.05, 4.69) is 14.8 Å². The fraction of sp³-hybridized carbons (Fsp3) is 0.192. The first kappa shape index (κ1) is 27.5. The van der Waals surface area contributed by atoms with Crippen molar-refractivity contribution >= 4 is 49.2 Å². The Labute approximate surface area is 232 Å². The van der Waals surface area contributed by atoms with Crippen LogP contribution in [0.3, 0.4) is 0 Å². The molecule has 5 aromatic rings. The molecule has 0 spiro atoms. The van der Waals surface area contributed by atoms with E-state index in [9.17, 15) is 22.0 Å². The lowest BCUT2D eigenvalue weighted by Gasteiger charge is -2.20. The van der Waals surface area contributed by atoms with Gasteiger partial charge in [-0.15, -0.1) is 0 Å². The topological polar surface area (TPSA) is 134 Å². The summed E-state index contributed by atoms with van der Waals surface area (Å²) < 4.78 is 62.1. The van der Waals surface area contributed by atoms with E-state index in [1.807, 2.05) is 0 Å². The lowest BCUT2D eigenvalue weighted by molar-refractivity contribution is 0.415. The van der Waals surface area contributed by atoms with Crippen LogP contribution in [0.1, 0.15) is 17.4 Å². The Hall–Kier alpha value is -4.07. The van der Waals surface area contributed by atoms with E-state index >= 15 is 0 Å². The highest BCUT2D eigenvalue weighted by atomic mass is 35.5. The lowest BCUT2D eigenvalue weighted by atomic mass is 10.0. The van der Waals surface area contributed by atoms with Crippen molar-refractivity contribution < 1.29 is 21.9 Å². The first-order valence-electron chi connectivity index (χ1n) is 11.8. The molecule has 0 bridgehead atoms. The molecule has 3 N–H and O–H groups in total. The largest absolute Gasteiger partial charge is 0.497 e. The van der Waals surface area contributed by atoms with Crippen LogP contribution in [-0.4, -0.2) is 41.1 Å². The second-order valence-electron chi connectivity index (χ2n) is 9.22. The van der Waals surface area contributed by atoms with Gasteiger partial charge in [-0.25, -0.2) is 22.2 Å². The molecule has 0 saturated heterocycles. The smallest absolute Gasteiger partial charge is 0.266 e. The van der Waals surface area contributed by atoms with Gasteiger partial charge in [0.25, 0.3) is 5.56 Å². The summed E-state index contributed by atoms with van der Waals surface area (Å²) >= 11 is 6.47. The first-order valence-corrected chi connectivity index (χ1v) is 14.1. The van der Waals surface area contributed by atoms with Crippen LogP contribution in [0, 0.1) is 11.6 Å². The van der Waals surface area contributed by atoms with Gasteiger partial charge in [0.05, 0.1) is 51.9 Å². The molecule has 3 aromatic carbocycles. The molecule has 14 heteroatoms. The van der Waals surface area contributed by atoms with Gasteiger partial charge in [-0.05, 0) is 54.4 Å². The zero-order chi connectivity index (χ0) is 28.9. The summed E-state index contributed by atoms with van der Waals surface area (Å²) in [6, 6.07) is 9.90. The number of fused-ring (bicyclic) bond motifs is 2. The molecule has 0 saturated carbocycles. The zero-order valence-corrected chi connectivity index (χ0v) is 23.0. The summed E-state index contributed by atoms with van der Waals surface area (Å²) in [7, 11) is -0.693. The predicted octanol–water partition coefficient (Wildman–Crippen LogP) is 3.83. The number of hydrogen-bond acceptors (Lipinski definition) is 7. The van der Waals surface area contributed by atoms with E-state index < -0.39 is 33.3 Å². The van der Waals surface area contributed by atoms with Crippen LogP contribution in [-0.2, 0) is 23.5 Å². The quantitative estimate of drug-likeness (QED) is 0.295. The molecule has 0 aliphatic heterocycles. The second-order valence-corrected chi connectivity index (χ2v) is 11.4. The SMILES string of the molecule is COc1ccc2nc([C@@H](N)Cc3cc(F)cc(F)c3)n(-c3ccc(Cl)c4c(NS(C)(=O)=O)nn(C)c34)c(=O)c2c1. The third-order valence-corrected chi connectivity index (χ3v) is 7.13. The van der Waals surface area contributed by atoms with E-state index in [1.165, 1.54) is 28.5 Å². The average Bonchev–Trinajstić information content (AvgIpc) is 3.18. The predicted molar refractivity (Wildman–Crippen MR) is 149 cm³/mol. The number of sulfonamides is 1. The van der Waals surface area contributed by atoms with Gasteiger partial charge in [-0.3, -0.25) is 18.8 Å². The molecule has 40 heavy (non-hydrogen) atoms. The van der Waals surface area contributed by atoms with Crippen LogP contribution in [0.4, 0.5) is 14.6 Å². The Kier molecular flexibility index (Phi) is 6.98. The first-order chi connectivity index (χ1) is 18.9. The van der Waals surface area contributed by atoms with Crippen LogP contribution in [0.25, 0.3) is 27.5 Å². The number of nitrogens with zero attached hydrogens (tertiary/aromatic N) is 4. The number of nitrogens with two attached hydrogens (primary N) is 1. The number of methoxy groups -OCH3 is 1. The van der Waals surface area contributed by atoms with Gasteiger partial charge in [0.1, 0.15) is 23.2 Å². The molecule has 208 valence electrons. The third-order valence-electron chi connectivity index (χ3n) is 6.25. The molecule has 1 atom stereocenters. The van der Waals surface area contributed by atoms with Gasteiger partial charge >= 0.3 is 0 Å². The molecular formula is C26H23ClF2N6O4S. The molecule has 2 heterocycles. The van der Waals surface area contributed by atoms with E-state index in [-0.39, 0.29) is 45.1 Å². The van der Waals surface area contributed by atoms with Crippen molar-refractivity contribution in [3.63, 3.8) is 0 Å². The number of ether oxygens (including phenoxy) is 1. The van der Waals surface area contributed by atoms with Crippen LogP contribution in [0.2, 0.25) is 5.02 Å². The van der Waals surface area contributed by atoms with Crippen LogP contribution in [0.5, 0.6) is 5.75 Å². The fourth-order valence-corrected chi connectivity index (χ4v) is 5.39. The fourth-order valence-electron chi connectivity index (χ4n) is 4.65. The maximum atomic E-state index is 14.1. The second kappa shape index (κ2) is 10.2. The molecule has 0 aliphatic carbocycles. The highest BCUT2D eigenvalue weighted by Gasteiger charge is 2.25. The number of aromatic nitrogens is 4. The number of benzene rings is 3. The highest BCUT2D eigenvalue weighted by Crippen LogP contribution is 2.35. The molecule has 0 amide bonds. The lowest BCUT2D eigenvalue weighted by Crippen LogP contribution is -2.30. The van der Waals surface area contributed by atoms with E-state index in [0.29, 0.717) is 16.8 Å². The van der Waals surface area contributed by atoms with Gasteiger partial charge in [0.2, 0.25) is 10.0 Å². The monoisotopic (exact) mass is 588 g/mol. The summed E-state index contributed by atoms with van der Waals surface area (Å²) in [4.78, 5) is 18.8. The molecule has 0 radical (unpaired) electrons. The minimum atomic E-state index is -3.72. The molecule has 0 unspecified atom stereocenters. The van der Waals surface area contributed by atoms with Crippen molar-refractivity contribution in [2.45, 2.75) is 12.5 Å². The molecule has 0 aliphatic rings. The Morgan fingerprint density at radius 2 is 1.82 bits per heavy atom. The zero-order valence-electron chi connectivity index (χ0n) is 21.4. The Balaban J connectivity index is 1.81. The summed E-state index contributed by atoms with van der Waals surface area (Å²) in [5.74, 6) is -1.05. The summed E-state index contributed by atoms with van der Waals surface area (Å²) in [6.07, 6.45) is 0.925. The van der Waals surface area contributed by atoms with Crippen molar-refractivity contribution in [1.29, 1.82) is 0 Å². The average molecular weight is 589 g/mol. The van der Waals surface area contributed by atoms with Crippen LogP contribution in [0.15, 0.2) is 53.3 Å². The summed E-state index contributed by atoms with van der Waals surface area (Å²) in [5.41, 5.74) is 7.20. The summed E-state index contributed by atoms with van der Waals surface area (Å²) in [5, 5.41) is 4.92. The molecule has 2 aromatic heterocycles. The molecule has 5 rings (SSSR count). The number of rotatable bonds is 7. The molecule has 0 fully saturated rings. The minimum absolute atomic E-state index is 0.0311. The maximum Gasteiger partial charge on any atom is 0.266 e. The van der Waals surface area contributed by atoms with Crippen molar-refractivity contribution in [2.75, 3.05) is 18.1 Å². The third kappa shape index (κ3) is 5.10. The normalized spacial score (nSPS) is 12.7. The number of hydrogen-bond donors (Lipinski definition) is 2. The Bertz CT molecular complexity index is 1960. The van der Waals surface area contributed by atoms with Gasteiger partial charge in [0.15, 0.2) is 5.82 Å². The van der Waals surface area contributed by atoms with Crippen LogP contribution < -0.4 is 20.8 Å². The molecule has 10 nitrogen and oxygen atoms in total. The summed E-state index contributed by atoms with van der Waals surface area (Å²) in [6.45, 7) is 0. The van der Waals surface area contributed by atoms with Crippen LogP contribution >= 0.6 is 11.6 Å². The number of aryl methyl sites for hydroxylation is 1. The standard InChI is InChI=1S/C26H23ClF2N6O4S/c1-34-23-21(7-5-18(27)22(23)24(32-34)33-40(3,37)38)35-25(19(30)10-13-8-14(28)11-15(29)9-13)31-20-6-4-16(39-2)12-17(20)26(35)36/h4-9,11-12,19H,10,30H2,1-3H3,(H,32,33)/t19-/m0/s1. The van der Waals surface area contributed by atoms with E-state index in [1.54, 1.807) is 25.2 Å². The van der Waals surface area contributed by atoms with Gasteiger partial charge in [0, 0.05) is 13.1 Å². The van der Waals surface area contributed by atoms with Crippen molar-refractivity contribution in [2.24, 2.45) is 12.8 Å². The molecular weight excluding hydrogens is 566 g/mol. The highest BCUT2D eigenvalue weighted by molar-refractivity contribution is 7.92. The van der Waals surface area contributed by atoms with Crippen molar-refractivity contribution in [3.8, 4) is 11.4 Å². The number of anilines is 1. The number of nitrogens with one attached hydrogen (secondary N) is 1. The van der Waals surface area contributed by atoms with Gasteiger partial charge < -0.3 is 10.5 Å². The van der Waals surface area contributed by atoms with Crippen molar-refractivity contribution in [1.82, 2.24) is 19.3 Å².